The van der Waals surface area contributed by atoms with E-state index in [9.17, 15) is 9.59 Å². The molecule has 2 amide bonds. The molecule has 2 aromatic carbocycles. The highest BCUT2D eigenvalue weighted by Gasteiger charge is 2.66. The van der Waals surface area contributed by atoms with Gasteiger partial charge in [0, 0.05) is 13.1 Å². The van der Waals surface area contributed by atoms with Gasteiger partial charge in [-0.1, -0.05) is 48.6 Å². The van der Waals surface area contributed by atoms with E-state index in [0.29, 0.717) is 37.6 Å². The molecule has 0 radical (unpaired) electrons. The van der Waals surface area contributed by atoms with Crippen LogP contribution in [-0.4, -0.2) is 62.3 Å². The number of amides is 2. The Labute approximate surface area is 199 Å². The van der Waals surface area contributed by atoms with Gasteiger partial charge in [-0.3, -0.25) is 9.59 Å². The molecule has 5 rings (SSSR count). The van der Waals surface area contributed by atoms with E-state index in [1.165, 1.54) is 5.56 Å². The van der Waals surface area contributed by atoms with Crippen molar-refractivity contribution in [1.82, 2.24) is 10.2 Å². The number of ether oxygens (including phenoxy) is 3. The van der Waals surface area contributed by atoms with Gasteiger partial charge in [-0.25, -0.2) is 0 Å². The highest BCUT2D eigenvalue weighted by atomic mass is 16.5. The lowest BCUT2D eigenvalue weighted by molar-refractivity contribution is -0.137. The SMILES string of the molecule is COc1ccc(CCN2CC34C=CC(O3)C(C(=O)NCCc3ccccc3)C4C2=O)cc1OC. The van der Waals surface area contributed by atoms with E-state index >= 15 is 0 Å². The third-order valence-corrected chi connectivity index (χ3v) is 7.16. The summed E-state index contributed by atoms with van der Waals surface area (Å²) in [5.74, 6) is 0.278. The maximum absolute atomic E-state index is 13.4. The lowest BCUT2D eigenvalue weighted by atomic mass is 9.77. The van der Waals surface area contributed by atoms with Gasteiger partial charge in [0.25, 0.3) is 0 Å². The van der Waals surface area contributed by atoms with Crippen molar-refractivity contribution in [3.8, 4) is 11.5 Å². The summed E-state index contributed by atoms with van der Waals surface area (Å²) in [6, 6.07) is 15.8. The van der Waals surface area contributed by atoms with Gasteiger partial charge in [-0.15, -0.1) is 0 Å². The van der Waals surface area contributed by atoms with Crippen LogP contribution < -0.4 is 14.8 Å². The van der Waals surface area contributed by atoms with E-state index in [4.69, 9.17) is 14.2 Å². The van der Waals surface area contributed by atoms with E-state index in [-0.39, 0.29) is 17.9 Å². The number of carbonyl (C=O) groups is 2. The molecule has 3 aliphatic rings. The first-order valence-corrected chi connectivity index (χ1v) is 11.7. The molecule has 3 heterocycles. The van der Waals surface area contributed by atoms with Crippen LogP contribution in [0.25, 0.3) is 0 Å². The molecule has 0 aromatic heterocycles. The quantitative estimate of drug-likeness (QED) is 0.579. The van der Waals surface area contributed by atoms with Crippen molar-refractivity contribution in [2.75, 3.05) is 33.9 Å². The van der Waals surface area contributed by atoms with Crippen LogP contribution in [0.5, 0.6) is 11.5 Å². The molecule has 2 aromatic rings. The molecule has 0 aliphatic carbocycles. The standard InChI is InChI=1S/C27H30N2O5/c1-32-20-9-8-19(16-22(20)33-2)12-15-29-17-27-13-10-21(34-27)23(24(27)26(29)31)25(30)28-14-11-18-6-4-3-5-7-18/h3-10,13,16,21,23-24H,11-12,14-15,17H2,1-2H3,(H,28,30). The molecule has 0 saturated carbocycles. The second-order valence-corrected chi connectivity index (χ2v) is 9.13. The minimum absolute atomic E-state index is 0.00413. The molecule has 4 atom stereocenters. The number of likely N-dealkylation sites (tertiary alicyclic amines) is 1. The van der Waals surface area contributed by atoms with Crippen molar-refractivity contribution in [2.45, 2.75) is 24.5 Å². The topological polar surface area (TPSA) is 77.1 Å². The highest BCUT2D eigenvalue weighted by Crippen LogP contribution is 2.51. The summed E-state index contributed by atoms with van der Waals surface area (Å²) in [7, 11) is 3.21. The van der Waals surface area contributed by atoms with Crippen molar-refractivity contribution in [3.05, 3.63) is 71.8 Å². The van der Waals surface area contributed by atoms with Gasteiger partial charge in [0.05, 0.1) is 38.7 Å². The average molecular weight is 463 g/mol. The molecule has 1 spiro atoms. The summed E-state index contributed by atoms with van der Waals surface area (Å²) in [5, 5.41) is 3.03. The Morgan fingerprint density at radius 2 is 1.88 bits per heavy atom. The Morgan fingerprint density at radius 3 is 2.65 bits per heavy atom. The number of carbonyl (C=O) groups excluding carboxylic acids is 2. The van der Waals surface area contributed by atoms with Crippen LogP contribution in [0.2, 0.25) is 0 Å². The van der Waals surface area contributed by atoms with Crippen molar-refractivity contribution >= 4 is 11.8 Å². The normalized spacial score (nSPS) is 26.6. The first kappa shape index (κ1) is 22.5. The first-order chi connectivity index (χ1) is 16.5. The minimum Gasteiger partial charge on any atom is -0.493 e. The lowest BCUT2D eigenvalue weighted by Crippen LogP contribution is -2.44. The third kappa shape index (κ3) is 3.94. The van der Waals surface area contributed by atoms with Gasteiger partial charge in [-0.05, 0) is 36.1 Å². The molecule has 3 aliphatic heterocycles. The zero-order valence-corrected chi connectivity index (χ0v) is 19.5. The van der Waals surface area contributed by atoms with Gasteiger partial charge >= 0.3 is 0 Å². The fourth-order valence-corrected chi connectivity index (χ4v) is 5.46. The molecule has 2 fully saturated rings. The summed E-state index contributed by atoms with van der Waals surface area (Å²) >= 11 is 0. The van der Waals surface area contributed by atoms with E-state index in [1.54, 1.807) is 14.2 Å². The summed E-state index contributed by atoms with van der Waals surface area (Å²) in [5.41, 5.74) is 1.53. The number of nitrogens with one attached hydrogen (secondary N) is 1. The molecule has 4 unspecified atom stereocenters. The first-order valence-electron chi connectivity index (χ1n) is 11.7. The maximum atomic E-state index is 13.4. The molecule has 2 bridgehead atoms. The predicted molar refractivity (Wildman–Crippen MR) is 127 cm³/mol. The Morgan fingerprint density at radius 1 is 1.09 bits per heavy atom. The second kappa shape index (κ2) is 9.14. The predicted octanol–water partition coefficient (Wildman–Crippen LogP) is 2.39. The maximum Gasteiger partial charge on any atom is 0.230 e. The summed E-state index contributed by atoms with van der Waals surface area (Å²) in [4.78, 5) is 28.4. The van der Waals surface area contributed by atoms with Gasteiger partial charge in [0.1, 0.15) is 5.60 Å². The molecule has 34 heavy (non-hydrogen) atoms. The van der Waals surface area contributed by atoms with Gasteiger partial charge in [0.15, 0.2) is 11.5 Å². The Hall–Kier alpha value is -3.32. The molecule has 2 saturated heterocycles. The lowest BCUT2D eigenvalue weighted by Gasteiger charge is -2.23. The zero-order chi connectivity index (χ0) is 23.7. The molecule has 178 valence electrons. The van der Waals surface area contributed by atoms with Crippen LogP contribution in [0.4, 0.5) is 0 Å². The van der Waals surface area contributed by atoms with Crippen LogP contribution in [0.15, 0.2) is 60.7 Å². The Bertz CT molecular complexity index is 1100. The second-order valence-electron chi connectivity index (χ2n) is 9.13. The Kier molecular flexibility index (Phi) is 6.04. The highest BCUT2D eigenvalue weighted by molar-refractivity contribution is 5.93. The van der Waals surface area contributed by atoms with E-state index in [2.05, 4.69) is 5.32 Å². The van der Waals surface area contributed by atoms with Crippen LogP contribution in [0.1, 0.15) is 11.1 Å². The van der Waals surface area contributed by atoms with E-state index in [1.807, 2.05) is 65.6 Å². The monoisotopic (exact) mass is 462 g/mol. The molecule has 7 heteroatoms. The van der Waals surface area contributed by atoms with Crippen LogP contribution in [0.3, 0.4) is 0 Å². The van der Waals surface area contributed by atoms with Crippen molar-refractivity contribution in [1.29, 1.82) is 0 Å². The molecular formula is C27H30N2O5. The average Bonchev–Trinajstić information content (AvgIpc) is 3.51. The number of nitrogens with zero attached hydrogens (tertiary/aromatic N) is 1. The fourth-order valence-electron chi connectivity index (χ4n) is 5.46. The molecule has 1 N–H and O–H groups in total. The van der Waals surface area contributed by atoms with Gasteiger partial charge < -0.3 is 24.4 Å². The number of fused-ring (bicyclic) bond motifs is 1. The largest absolute Gasteiger partial charge is 0.493 e. The molecule has 7 nitrogen and oxygen atoms in total. The van der Waals surface area contributed by atoms with E-state index < -0.39 is 17.4 Å². The van der Waals surface area contributed by atoms with Crippen LogP contribution >= 0.6 is 0 Å². The van der Waals surface area contributed by atoms with E-state index in [0.717, 1.165) is 12.0 Å². The Balaban J connectivity index is 1.23. The van der Waals surface area contributed by atoms with Gasteiger partial charge in [0.2, 0.25) is 11.8 Å². The third-order valence-electron chi connectivity index (χ3n) is 7.16. The summed E-state index contributed by atoms with van der Waals surface area (Å²) < 4.78 is 16.9. The number of hydrogen-bond acceptors (Lipinski definition) is 5. The molecular weight excluding hydrogens is 432 g/mol. The smallest absolute Gasteiger partial charge is 0.230 e. The number of benzene rings is 2. The number of rotatable bonds is 9. The van der Waals surface area contributed by atoms with Crippen LogP contribution in [0, 0.1) is 11.8 Å². The summed E-state index contributed by atoms with van der Waals surface area (Å²) in [6.45, 7) is 1.56. The summed E-state index contributed by atoms with van der Waals surface area (Å²) in [6.07, 6.45) is 5.03. The van der Waals surface area contributed by atoms with Gasteiger partial charge in [-0.2, -0.15) is 0 Å². The van der Waals surface area contributed by atoms with Crippen LogP contribution in [-0.2, 0) is 27.2 Å². The van der Waals surface area contributed by atoms with Crippen molar-refractivity contribution < 1.29 is 23.8 Å². The van der Waals surface area contributed by atoms with Crippen molar-refractivity contribution in [2.24, 2.45) is 11.8 Å². The van der Waals surface area contributed by atoms with Crippen molar-refractivity contribution in [3.63, 3.8) is 0 Å². The minimum atomic E-state index is -0.694. The number of methoxy groups -OCH3 is 2. The number of hydrogen-bond donors (Lipinski definition) is 1. The zero-order valence-electron chi connectivity index (χ0n) is 19.5. The fraction of sp³-hybridized carbons (Fsp3) is 0.407.